The van der Waals surface area contributed by atoms with Crippen molar-refractivity contribution in [1.82, 2.24) is 10.6 Å². The van der Waals surface area contributed by atoms with E-state index in [0.29, 0.717) is 0 Å². The van der Waals surface area contributed by atoms with Gasteiger partial charge in [-0.1, -0.05) is 20.8 Å². The molecule has 1 aliphatic carbocycles. The lowest BCUT2D eigenvalue weighted by Crippen LogP contribution is -2.54. The summed E-state index contributed by atoms with van der Waals surface area (Å²) in [4.78, 5) is 24.0. The van der Waals surface area contributed by atoms with E-state index in [9.17, 15) is 9.59 Å². The Balaban J connectivity index is 2.64. The molecule has 110 valence electrons. The largest absolute Gasteiger partial charge is 0.444 e. The standard InChI is InChI=1S/C14H26N2O3/c1-13(2,3)10(11(17)15-9-7-8-9)16-12(18)19-14(4,5)6/h9-10H,7-8H2,1-6H3,(H,15,17)(H,16,18). The normalized spacial score (nSPS) is 17.6. The van der Waals surface area contributed by atoms with Gasteiger partial charge in [0, 0.05) is 6.04 Å². The van der Waals surface area contributed by atoms with Gasteiger partial charge in [-0.2, -0.15) is 0 Å². The van der Waals surface area contributed by atoms with Gasteiger partial charge in [0.25, 0.3) is 0 Å². The Kier molecular flexibility index (Phi) is 4.48. The lowest BCUT2D eigenvalue weighted by Gasteiger charge is -2.31. The van der Waals surface area contributed by atoms with E-state index in [4.69, 9.17) is 4.74 Å². The molecule has 0 aromatic heterocycles. The fourth-order valence-corrected chi connectivity index (χ4v) is 1.61. The molecule has 0 aliphatic heterocycles. The van der Waals surface area contributed by atoms with Gasteiger partial charge in [0.15, 0.2) is 0 Å². The number of carbonyl (C=O) groups excluding carboxylic acids is 2. The average molecular weight is 270 g/mol. The predicted molar refractivity (Wildman–Crippen MR) is 73.8 cm³/mol. The zero-order chi connectivity index (χ0) is 14.8. The first-order valence-electron chi connectivity index (χ1n) is 6.79. The first kappa shape index (κ1) is 15.8. The lowest BCUT2D eigenvalue weighted by atomic mass is 9.86. The second-order valence-electron chi connectivity index (χ2n) is 7.23. The number of hydrogen-bond acceptors (Lipinski definition) is 3. The van der Waals surface area contributed by atoms with Crippen molar-refractivity contribution >= 4 is 12.0 Å². The predicted octanol–water partition coefficient (Wildman–Crippen LogP) is 2.20. The zero-order valence-corrected chi connectivity index (χ0v) is 12.8. The summed E-state index contributed by atoms with van der Waals surface area (Å²) < 4.78 is 5.20. The van der Waals surface area contributed by atoms with E-state index in [1.807, 2.05) is 20.8 Å². The zero-order valence-electron chi connectivity index (χ0n) is 12.8. The smallest absolute Gasteiger partial charge is 0.408 e. The summed E-state index contributed by atoms with van der Waals surface area (Å²) in [5.41, 5.74) is -0.935. The molecular formula is C14H26N2O3. The molecule has 0 heterocycles. The number of amides is 2. The average Bonchev–Trinajstić information content (AvgIpc) is 2.93. The third-order valence-electron chi connectivity index (χ3n) is 2.71. The molecule has 0 aromatic rings. The summed E-state index contributed by atoms with van der Waals surface area (Å²) in [5.74, 6) is -0.138. The molecule has 1 unspecified atom stereocenters. The van der Waals surface area contributed by atoms with Gasteiger partial charge in [0.05, 0.1) is 0 Å². The summed E-state index contributed by atoms with van der Waals surface area (Å²) in [6.07, 6.45) is 1.49. The van der Waals surface area contributed by atoms with Crippen LogP contribution in [0.1, 0.15) is 54.4 Å². The van der Waals surface area contributed by atoms with Crippen molar-refractivity contribution in [3.8, 4) is 0 Å². The van der Waals surface area contributed by atoms with E-state index in [0.717, 1.165) is 12.8 Å². The molecule has 0 bridgehead atoms. The van der Waals surface area contributed by atoms with E-state index in [1.165, 1.54) is 0 Å². The van der Waals surface area contributed by atoms with Gasteiger partial charge in [0.2, 0.25) is 5.91 Å². The molecule has 5 nitrogen and oxygen atoms in total. The topological polar surface area (TPSA) is 67.4 Å². The maximum Gasteiger partial charge on any atom is 0.408 e. The van der Waals surface area contributed by atoms with Gasteiger partial charge >= 0.3 is 6.09 Å². The monoisotopic (exact) mass is 270 g/mol. The summed E-state index contributed by atoms with van der Waals surface area (Å²) >= 11 is 0. The highest BCUT2D eigenvalue weighted by atomic mass is 16.6. The van der Waals surface area contributed by atoms with Crippen molar-refractivity contribution in [2.24, 2.45) is 5.41 Å². The highest BCUT2D eigenvalue weighted by molar-refractivity contribution is 5.86. The van der Waals surface area contributed by atoms with E-state index in [2.05, 4.69) is 10.6 Å². The van der Waals surface area contributed by atoms with E-state index >= 15 is 0 Å². The molecule has 0 spiro atoms. The van der Waals surface area contributed by atoms with Gasteiger partial charge in [-0.05, 0) is 39.0 Å². The SMILES string of the molecule is CC(C)(C)OC(=O)NC(C(=O)NC1CC1)C(C)(C)C. The molecule has 1 aliphatic rings. The van der Waals surface area contributed by atoms with Crippen LogP contribution in [0.4, 0.5) is 4.79 Å². The molecule has 2 amide bonds. The van der Waals surface area contributed by atoms with Crippen LogP contribution in [0.15, 0.2) is 0 Å². The summed E-state index contributed by atoms with van der Waals surface area (Å²) in [5, 5.41) is 5.59. The van der Waals surface area contributed by atoms with Gasteiger partial charge < -0.3 is 15.4 Å². The molecule has 5 heteroatoms. The van der Waals surface area contributed by atoms with Crippen molar-refractivity contribution in [2.45, 2.75) is 72.1 Å². The number of carbonyl (C=O) groups is 2. The van der Waals surface area contributed by atoms with Crippen molar-refractivity contribution < 1.29 is 14.3 Å². The van der Waals surface area contributed by atoms with Crippen LogP contribution in [0.25, 0.3) is 0 Å². The lowest BCUT2D eigenvalue weighted by molar-refractivity contribution is -0.125. The Hall–Kier alpha value is -1.26. The number of hydrogen-bond donors (Lipinski definition) is 2. The molecule has 1 saturated carbocycles. The number of alkyl carbamates (subject to hydrolysis) is 1. The molecule has 1 rings (SSSR count). The van der Waals surface area contributed by atoms with Crippen molar-refractivity contribution in [3.63, 3.8) is 0 Å². The molecule has 0 saturated heterocycles. The molecule has 19 heavy (non-hydrogen) atoms. The Morgan fingerprint density at radius 2 is 1.63 bits per heavy atom. The second kappa shape index (κ2) is 5.39. The van der Waals surface area contributed by atoms with Gasteiger partial charge in [-0.25, -0.2) is 4.79 Å². The molecule has 1 atom stereocenters. The minimum atomic E-state index is -0.594. The van der Waals surface area contributed by atoms with Crippen LogP contribution < -0.4 is 10.6 Å². The second-order valence-corrected chi connectivity index (χ2v) is 7.23. The molecule has 2 N–H and O–H groups in total. The Bertz CT molecular complexity index is 349. The van der Waals surface area contributed by atoms with E-state index in [-0.39, 0.29) is 17.4 Å². The van der Waals surface area contributed by atoms with Crippen LogP contribution >= 0.6 is 0 Å². The van der Waals surface area contributed by atoms with Crippen molar-refractivity contribution in [1.29, 1.82) is 0 Å². The van der Waals surface area contributed by atoms with Crippen molar-refractivity contribution in [2.75, 3.05) is 0 Å². The number of rotatable bonds is 3. The van der Waals surface area contributed by atoms with Gasteiger partial charge in [0.1, 0.15) is 11.6 Å². The molecule has 0 radical (unpaired) electrons. The Morgan fingerprint density at radius 1 is 1.11 bits per heavy atom. The fourth-order valence-electron chi connectivity index (χ4n) is 1.61. The van der Waals surface area contributed by atoms with Gasteiger partial charge in [-0.15, -0.1) is 0 Å². The maximum absolute atomic E-state index is 12.2. The van der Waals surface area contributed by atoms with Crippen LogP contribution in [-0.2, 0) is 9.53 Å². The number of nitrogens with one attached hydrogen (secondary N) is 2. The van der Waals surface area contributed by atoms with Crippen molar-refractivity contribution in [3.05, 3.63) is 0 Å². The summed E-state index contributed by atoms with van der Waals surface area (Å²) in [6.45, 7) is 11.1. The highest BCUT2D eigenvalue weighted by Crippen LogP contribution is 2.23. The minimum Gasteiger partial charge on any atom is -0.444 e. The highest BCUT2D eigenvalue weighted by Gasteiger charge is 2.36. The Labute approximate surface area is 115 Å². The fraction of sp³-hybridized carbons (Fsp3) is 0.857. The third kappa shape index (κ3) is 5.94. The first-order chi connectivity index (χ1) is 8.49. The van der Waals surface area contributed by atoms with E-state index in [1.54, 1.807) is 20.8 Å². The molecule has 1 fully saturated rings. The quantitative estimate of drug-likeness (QED) is 0.826. The molecular weight excluding hydrogens is 244 g/mol. The minimum absolute atomic E-state index is 0.138. The van der Waals surface area contributed by atoms with Crippen LogP contribution in [-0.4, -0.2) is 29.7 Å². The van der Waals surface area contributed by atoms with Crippen LogP contribution in [0.2, 0.25) is 0 Å². The van der Waals surface area contributed by atoms with Crippen LogP contribution in [0, 0.1) is 5.41 Å². The third-order valence-corrected chi connectivity index (χ3v) is 2.71. The van der Waals surface area contributed by atoms with Crippen LogP contribution in [0.5, 0.6) is 0 Å². The maximum atomic E-state index is 12.2. The number of ether oxygens (including phenoxy) is 1. The Morgan fingerprint density at radius 3 is 2.00 bits per heavy atom. The molecule has 0 aromatic carbocycles. The summed E-state index contributed by atoms with van der Waals surface area (Å²) in [7, 11) is 0. The van der Waals surface area contributed by atoms with E-state index < -0.39 is 17.7 Å². The first-order valence-corrected chi connectivity index (χ1v) is 6.79. The summed E-state index contributed by atoms with van der Waals surface area (Å²) in [6, 6.07) is -0.319. The van der Waals surface area contributed by atoms with Crippen LogP contribution in [0.3, 0.4) is 0 Å². The van der Waals surface area contributed by atoms with Gasteiger partial charge in [-0.3, -0.25) is 4.79 Å².